The van der Waals surface area contributed by atoms with Crippen LogP contribution in [0.1, 0.15) is 16.1 Å². The van der Waals surface area contributed by atoms with Crippen LogP contribution in [0.5, 0.6) is 0 Å². The lowest BCUT2D eigenvalue weighted by Crippen LogP contribution is -2.24. The van der Waals surface area contributed by atoms with Crippen LogP contribution in [0, 0.1) is 6.92 Å². The van der Waals surface area contributed by atoms with E-state index in [9.17, 15) is 8.42 Å². The predicted octanol–water partition coefficient (Wildman–Crippen LogP) is 0.978. The van der Waals surface area contributed by atoms with Crippen molar-refractivity contribution in [3.05, 3.63) is 33.8 Å². The normalized spacial score (nSPS) is 11.9. The number of nitrogens with zero attached hydrogens (tertiary/aromatic N) is 1. The zero-order valence-corrected chi connectivity index (χ0v) is 12.4. The highest BCUT2D eigenvalue weighted by molar-refractivity contribution is 7.89. The maximum atomic E-state index is 12.2. The number of aromatic nitrogens is 2. The molecule has 0 aliphatic rings. The van der Waals surface area contributed by atoms with Gasteiger partial charge in [0.05, 0.1) is 11.1 Å². The molecule has 19 heavy (non-hydrogen) atoms. The van der Waals surface area contributed by atoms with Gasteiger partial charge in [-0.15, -0.1) is 11.3 Å². The highest BCUT2D eigenvalue weighted by Gasteiger charge is 2.19. The fraction of sp³-hybridized carbons (Fsp3) is 0.364. The Morgan fingerprint density at radius 2 is 2.21 bits per heavy atom. The maximum Gasteiger partial charge on any atom is 0.242 e. The number of aryl methyl sites for hydroxylation is 1. The number of H-pyrrole nitrogens is 1. The van der Waals surface area contributed by atoms with Crippen LogP contribution in [-0.4, -0.2) is 25.7 Å². The van der Waals surface area contributed by atoms with Crippen LogP contribution < -0.4 is 10.0 Å². The SMILES string of the molecule is CNCc1sccc1S(=O)(=O)NCc1cn[nH]c1C. The number of sulfonamides is 1. The lowest BCUT2D eigenvalue weighted by molar-refractivity contribution is 0.580. The molecule has 3 N–H and O–H groups in total. The van der Waals surface area contributed by atoms with Crippen molar-refractivity contribution < 1.29 is 8.42 Å². The lowest BCUT2D eigenvalue weighted by atomic mass is 10.3. The molecular formula is C11H16N4O2S2. The van der Waals surface area contributed by atoms with E-state index in [4.69, 9.17) is 0 Å². The van der Waals surface area contributed by atoms with Gasteiger partial charge in [0.1, 0.15) is 0 Å². The fourth-order valence-corrected chi connectivity index (χ4v) is 4.12. The fourth-order valence-electron chi connectivity index (χ4n) is 1.66. The second kappa shape index (κ2) is 5.83. The molecule has 0 spiro atoms. The van der Waals surface area contributed by atoms with Crippen LogP contribution >= 0.6 is 11.3 Å². The van der Waals surface area contributed by atoms with Crippen LogP contribution in [-0.2, 0) is 23.1 Å². The monoisotopic (exact) mass is 300 g/mol. The summed E-state index contributed by atoms with van der Waals surface area (Å²) in [5.41, 5.74) is 1.71. The Morgan fingerprint density at radius 1 is 1.42 bits per heavy atom. The lowest BCUT2D eigenvalue weighted by Gasteiger charge is -2.07. The summed E-state index contributed by atoms with van der Waals surface area (Å²) in [6.07, 6.45) is 1.62. The van der Waals surface area contributed by atoms with Crippen molar-refractivity contribution in [1.29, 1.82) is 0 Å². The second-order valence-corrected chi connectivity index (χ2v) is 6.82. The number of aromatic amines is 1. The Morgan fingerprint density at radius 3 is 2.84 bits per heavy atom. The maximum absolute atomic E-state index is 12.2. The minimum Gasteiger partial charge on any atom is -0.315 e. The van der Waals surface area contributed by atoms with Crippen molar-refractivity contribution in [2.45, 2.75) is 24.9 Å². The van der Waals surface area contributed by atoms with Gasteiger partial charge in [-0.05, 0) is 25.4 Å². The minimum atomic E-state index is -3.48. The molecule has 0 saturated heterocycles. The summed E-state index contributed by atoms with van der Waals surface area (Å²) in [5, 5.41) is 11.4. The molecule has 0 aliphatic carbocycles. The molecule has 2 aromatic heterocycles. The standard InChI is InChI=1S/C11H16N4O2S2/c1-8-9(5-13-15-8)6-14-19(16,17)11-3-4-18-10(11)7-12-2/h3-5,12,14H,6-7H2,1-2H3,(H,13,15). The first-order chi connectivity index (χ1) is 9.04. The molecule has 0 aliphatic heterocycles. The van der Waals surface area contributed by atoms with Gasteiger partial charge in [0, 0.05) is 29.2 Å². The molecule has 6 nitrogen and oxygen atoms in total. The van der Waals surface area contributed by atoms with Crippen molar-refractivity contribution in [3.8, 4) is 0 Å². The molecule has 8 heteroatoms. The first-order valence-electron chi connectivity index (χ1n) is 5.74. The Hall–Kier alpha value is -1.22. The van der Waals surface area contributed by atoms with E-state index in [1.807, 2.05) is 6.92 Å². The average molecular weight is 300 g/mol. The highest BCUT2D eigenvalue weighted by atomic mass is 32.2. The second-order valence-electron chi connectivity index (χ2n) is 4.08. The van der Waals surface area contributed by atoms with Gasteiger partial charge in [-0.1, -0.05) is 0 Å². The van der Waals surface area contributed by atoms with Crippen molar-refractivity contribution in [2.75, 3.05) is 7.05 Å². The van der Waals surface area contributed by atoms with E-state index < -0.39 is 10.0 Å². The Balaban J connectivity index is 2.14. The highest BCUT2D eigenvalue weighted by Crippen LogP contribution is 2.21. The van der Waals surface area contributed by atoms with Gasteiger partial charge in [0.25, 0.3) is 0 Å². The quantitative estimate of drug-likeness (QED) is 0.742. The Labute approximate surface area is 116 Å². The van der Waals surface area contributed by atoms with Gasteiger partial charge in [-0.25, -0.2) is 13.1 Å². The van der Waals surface area contributed by atoms with E-state index in [0.717, 1.165) is 16.1 Å². The molecule has 0 fully saturated rings. The van der Waals surface area contributed by atoms with E-state index in [0.29, 0.717) is 11.4 Å². The molecule has 0 radical (unpaired) electrons. The van der Waals surface area contributed by atoms with Gasteiger partial charge >= 0.3 is 0 Å². The first kappa shape index (κ1) is 14.2. The summed E-state index contributed by atoms with van der Waals surface area (Å²) in [5.74, 6) is 0. The average Bonchev–Trinajstić information content (AvgIpc) is 2.97. The van der Waals surface area contributed by atoms with Gasteiger partial charge < -0.3 is 5.32 Å². The predicted molar refractivity (Wildman–Crippen MR) is 74.4 cm³/mol. The Kier molecular flexibility index (Phi) is 4.35. The summed E-state index contributed by atoms with van der Waals surface area (Å²) in [6.45, 7) is 2.63. The van der Waals surface area contributed by atoms with Crippen molar-refractivity contribution in [2.24, 2.45) is 0 Å². The number of thiophene rings is 1. The van der Waals surface area contributed by atoms with Gasteiger partial charge in [0.15, 0.2) is 0 Å². The molecule has 2 heterocycles. The van der Waals surface area contributed by atoms with Crippen LogP contribution in [0.15, 0.2) is 22.5 Å². The molecule has 104 valence electrons. The molecule has 0 saturated carbocycles. The zero-order valence-electron chi connectivity index (χ0n) is 10.7. The van der Waals surface area contributed by atoms with E-state index in [2.05, 4.69) is 20.2 Å². The summed E-state index contributed by atoms with van der Waals surface area (Å²) in [7, 11) is -1.69. The zero-order chi connectivity index (χ0) is 13.9. The van der Waals surface area contributed by atoms with Crippen LogP contribution in [0.3, 0.4) is 0 Å². The van der Waals surface area contributed by atoms with Gasteiger partial charge in [-0.2, -0.15) is 5.10 Å². The number of hydrogen-bond donors (Lipinski definition) is 3. The summed E-state index contributed by atoms with van der Waals surface area (Å²) < 4.78 is 27.1. The third kappa shape index (κ3) is 3.21. The van der Waals surface area contributed by atoms with Crippen molar-refractivity contribution in [3.63, 3.8) is 0 Å². The van der Waals surface area contributed by atoms with E-state index in [-0.39, 0.29) is 6.54 Å². The molecule has 0 unspecified atom stereocenters. The molecule has 0 aromatic carbocycles. The van der Waals surface area contributed by atoms with Crippen molar-refractivity contribution >= 4 is 21.4 Å². The van der Waals surface area contributed by atoms with Gasteiger partial charge in [-0.3, -0.25) is 5.10 Å². The minimum absolute atomic E-state index is 0.236. The molecular weight excluding hydrogens is 284 g/mol. The Bertz CT molecular complexity index is 645. The van der Waals surface area contributed by atoms with Crippen LogP contribution in [0.25, 0.3) is 0 Å². The topological polar surface area (TPSA) is 86.9 Å². The summed E-state index contributed by atoms with van der Waals surface area (Å²) in [6, 6.07) is 1.63. The number of nitrogens with one attached hydrogen (secondary N) is 3. The van der Waals surface area contributed by atoms with Gasteiger partial charge in [0.2, 0.25) is 10.0 Å². The van der Waals surface area contributed by atoms with Crippen molar-refractivity contribution in [1.82, 2.24) is 20.2 Å². The molecule has 0 amide bonds. The molecule has 2 aromatic rings. The molecule has 2 rings (SSSR count). The smallest absolute Gasteiger partial charge is 0.242 e. The van der Waals surface area contributed by atoms with E-state index in [1.54, 1.807) is 24.7 Å². The first-order valence-corrected chi connectivity index (χ1v) is 8.10. The number of rotatable bonds is 6. The van der Waals surface area contributed by atoms with E-state index in [1.165, 1.54) is 11.3 Å². The third-order valence-corrected chi connectivity index (χ3v) is 5.25. The summed E-state index contributed by atoms with van der Waals surface area (Å²) >= 11 is 1.43. The largest absolute Gasteiger partial charge is 0.315 e. The van der Waals surface area contributed by atoms with Crippen LogP contribution in [0.4, 0.5) is 0 Å². The van der Waals surface area contributed by atoms with Crippen LogP contribution in [0.2, 0.25) is 0 Å². The number of hydrogen-bond acceptors (Lipinski definition) is 5. The van der Waals surface area contributed by atoms with E-state index >= 15 is 0 Å². The third-order valence-electron chi connectivity index (χ3n) is 2.72. The summed E-state index contributed by atoms with van der Waals surface area (Å²) in [4.78, 5) is 1.15. The molecule has 0 bridgehead atoms. The molecule has 0 atom stereocenters.